The quantitative estimate of drug-likeness (QED) is 0.744. The highest BCUT2D eigenvalue weighted by atomic mass is 79.9. The Morgan fingerprint density at radius 3 is 2.79 bits per heavy atom. The molecule has 1 heterocycles. The van der Waals surface area contributed by atoms with E-state index in [1.54, 1.807) is 0 Å². The Bertz CT molecular complexity index is 738. The molecule has 1 aliphatic heterocycles. The molecule has 0 saturated heterocycles. The van der Waals surface area contributed by atoms with Crippen LogP contribution in [0.5, 0.6) is 0 Å². The van der Waals surface area contributed by atoms with E-state index < -0.39 is 0 Å². The molecule has 0 spiro atoms. The maximum atomic E-state index is 12.6. The zero-order valence-corrected chi connectivity index (χ0v) is 15.9. The van der Waals surface area contributed by atoms with Crippen molar-refractivity contribution in [2.75, 3.05) is 22.5 Å². The number of nitrogens with zero attached hydrogens (tertiary/aromatic N) is 1. The summed E-state index contributed by atoms with van der Waals surface area (Å²) in [5, 5.41) is 2.98. The molecule has 0 aromatic heterocycles. The average molecular weight is 411 g/mol. The van der Waals surface area contributed by atoms with Crippen LogP contribution >= 0.6 is 28.3 Å². The number of hydrogen-bond acceptors (Lipinski definition) is 3. The minimum atomic E-state index is -0.255. The van der Waals surface area contributed by atoms with Crippen LogP contribution in [0.2, 0.25) is 0 Å². The van der Waals surface area contributed by atoms with Gasteiger partial charge in [0.05, 0.1) is 0 Å². The molecule has 3 N–H and O–H groups in total. The van der Waals surface area contributed by atoms with Crippen molar-refractivity contribution in [2.24, 2.45) is 0 Å². The summed E-state index contributed by atoms with van der Waals surface area (Å²) in [5.74, 6) is -0.0154. The standard InChI is InChI=1S/C18H20BrN3O.ClH/c1-12(18(23)21-14-6-2-5-13(19)11-14)22-10-4-7-15-16(20)8-3-9-17(15)22;/h2-3,5-6,8-9,11-12H,4,7,10,20H2,1H3,(H,21,23);1H. The van der Waals surface area contributed by atoms with Gasteiger partial charge in [0.15, 0.2) is 0 Å². The van der Waals surface area contributed by atoms with Crippen LogP contribution in [-0.2, 0) is 11.2 Å². The molecule has 1 aliphatic rings. The Morgan fingerprint density at radius 2 is 2.04 bits per heavy atom. The summed E-state index contributed by atoms with van der Waals surface area (Å²) >= 11 is 3.42. The third kappa shape index (κ3) is 3.84. The van der Waals surface area contributed by atoms with Gasteiger partial charge in [-0.2, -0.15) is 0 Å². The maximum Gasteiger partial charge on any atom is 0.246 e. The molecule has 0 saturated carbocycles. The average Bonchev–Trinajstić information content (AvgIpc) is 2.54. The summed E-state index contributed by atoms with van der Waals surface area (Å²) < 4.78 is 0.944. The van der Waals surface area contributed by atoms with Crippen molar-refractivity contribution in [2.45, 2.75) is 25.8 Å². The van der Waals surface area contributed by atoms with Crippen molar-refractivity contribution < 1.29 is 4.79 Å². The summed E-state index contributed by atoms with van der Waals surface area (Å²) in [4.78, 5) is 14.8. The number of nitrogen functional groups attached to an aromatic ring is 1. The molecule has 4 nitrogen and oxygen atoms in total. The fraction of sp³-hybridized carbons (Fsp3) is 0.278. The van der Waals surface area contributed by atoms with Crippen LogP contribution < -0.4 is 16.0 Å². The molecule has 24 heavy (non-hydrogen) atoms. The zero-order valence-electron chi connectivity index (χ0n) is 13.5. The van der Waals surface area contributed by atoms with E-state index in [1.165, 1.54) is 0 Å². The van der Waals surface area contributed by atoms with Crippen molar-refractivity contribution >= 4 is 51.3 Å². The second kappa shape index (κ2) is 7.90. The van der Waals surface area contributed by atoms with Crippen LogP contribution in [0.25, 0.3) is 0 Å². The van der Waals surface area contributed by atoms with E-state index in [9.17, 15) is 4.79 Å². The Kier molecular flexibility index (Phi) is 6.13. The molecule has 0 fully saturated rings. The number of anilines is 3. The number of fused-ring (bicyclic) bond motifs is 1. The van der Waals surface area contributed by atoms with Gasteiger partial charge in [-0.25, -0.2) is 0 Å². The third-order valence-corrected chi connectivity index (χ3v) is 4.76. The molecule has 1 atom stereocenters. The molecular weight excluding hydrogens is 390 g/mol. The first kappa shape index (κ1) is 18.6. The lowest BCUT2D eigenvalue weighted by molar-refractivity contribution is -0.117. The SMILES string of the molecule is CC(C(=O)Nc1cccc(Br)c1)N1CCCc2c(N)cccc21.Cl. The summed E-state index contributed by atoms with van der Waals surface area (Å²) in [5.41, 5.74) is 9.92. The van der Waals surface area contributed by atoms with Crippen molar-refractivity contribution in [1.29, 1.82) is 0 Å². The van der Waals surface area contributed by atoms with Crippen LogP contribution in [0.15, 0.2) is 46.9 Å². The number of carbonyl (C=O) groups is 1. The number of hydrogen-bond donors (Lipinski definition) is 2. The lowest BCUT2D eigenvalue weighted by Gasteiger charge is -2.36. The van der Waals surface area contributed by atoms with Gasteiger partial charge < -0.3 is 16.0 Å². The molecule has 0 aliphatic carbocycles. The van der Waals surface area contributed by atoms with Crippen molar-refractivity contribution in [3.05, 3.63) is 52.5 Å². The molecule has 1 unspecified atom stereocenters. The molecule has 0 radical (unpaired) electrons. The first-order chi connectivity index (χ1) is 11.1. The molecule has 3 rings (SSSR count). The van der Waals surface area contributed by atoms with Crippen molar-refractivity contribution in [3.8, 4) is 0 Å². The van der Waals surface area contributed by atoms with Gasteiger partial charge >= 0.3 is 0 Å². The molecular formula is C18H21BrClN3O. The van der Waals surface area contributed by atoms with Gasteiger partial charge in [-0.15, -0.1) is 12.4 Å². The Hall–Kier alpha value is -1.72. The van der Waals surface area contributed by atoms with E-state index in [2.05, 4.69) is 26.1 Å². The highest BCUT2D eigenvalue weighted by molar-refractivity contribution is 9.10. The van der Waals surface area contributed by atoms with Gasteiger partial charge in [0.2, 0.25) is 5.91 Å². The topological polar surface area (TPSA) is 58.4 Å². The van der Waals surface area contributed by atoms with Gasteiger partial charge in [0, 0.05) is 28.1 Å². The van der Waals surface area contributed by atoms with Crippen LogP contribution in [0.1, 0.15) is 18.9 Å². The highest BCUT2D eigenvalue weighted by Crippen LogP contribution is 2.32. The predicted molar refractivity (Wildman–Crippen MR) is 106 cm³/mol. The summed E-state index contributed by atoms with van der Waals surface area (Å²) in [6.07, 6.45) is 1.98. The number of nitrogens with two attached hydrogens (primary N) is 1. The lowest BCUT2D eigenvalue weighted by atomic mass is 9.98. The number of carbonyl (C=O) groups excluding carboxylic acids is 1. The number of nitrogens with one attached hydrogen (secondary N) is 1. The normalized spacial score (nSPS) is 14.3. The van der Waals surface area contributed by atoms with Crippen molar-refractivity contribution in [1.82, 2.24) is 0 Å². The third-order valence-electron chi connectivity index (χ3n) is 4.26. The molecule has 1 amide bonds. The van der Waals surface area contributed by atoms with Gasteiger partial charge in [0.1, 0.15) is 6.04 Å². The Balaban J connectivity index is 0.00000208. The zero-order chi connectivity index (χ0) is 16.4. The second-order valence-electron chi connectivity index (χ2n) is 5.82. The molecule has 2 aromatic rings. The van der Waals surface area contributed by atoms with Crippen LogP contribution in [-0.4, -0.2) is 18.5 Å². The maximum absolute atomic E-state index is 12.6. The van der Waals surface area contributed by atoms with E-state index in [4.69, 9.17) is 5.73 Å². The summed E-state index contributed by atoms with van der Waals surface area (Å²) in [7, 11) is 0. The summed E-state index contributed by atoms with van der Waals surface area (Å²) in [6.45, 7) is 2.80. The van der Waals surface area contributed by atoms with E-state index in [1.807, 2.05) is 49.4 Å². The van der Waals surface area contributed by atoms with Crippen LogP contribution in [0, 0.1) is 0 Å². The van der Waals surface area contributed by atoms with Gasteiger partial charge in [-0.3, -0.25) is 4.79 Å². The van der Waals surface area contributed by atoms with Crippen LogP contribution in [0.4, 0.5) is 17.1 Å². The minimum Gasteiger partial charge on any atom is -0.398 e. The molecule has 2 aromatic carbocycles. The van der Waals surface area contributed by atoms with E-state index >= 15 is 0 Å². The van der Waals surface area contributed by atoms with E-state index in [0.717, 1.165) is 46.5 Å². The van der Waals surface area contributed by atoms with E-state index in [0.29, 0.717) is 0 Å². The fourth-order valence-electron chi connectivity index (χ4n) is 3.04. The molecule has 0 bridgehead atoms. The molecule has 128 valence electrons. The number of benzene rings is 2. The number of halogens is 2. The van der Waals surface area contributed by atoms with Gasteiger partial charge in [-0.05, 0) is 55.7 Å². The number of amides is 1. The minimum absolute atomic E-state index is 0. The largest absolute Gasteiger partial charge is 0.398 e. The smallest absolute Gasteiger partial charge is 0.246 e. The Labute approximate surface area is 157 Å². The Morgan fingerprint density at radius 1 is 1.29 bits per heavy atom. The predicted octanol–water partition coefficient (Wildman–Crippen LogP) is 4.23. The van der Waals surface area contributed by atoms with Gasteiger partial charge in [-0.1, -0.05) is 28.1 Å². The monoisotopic (exact) mass is 409 g/mol. The molecule has 6 heteroatoms. The second-order valence-corrected chi connectivity index (χ2v) is 6.73. The van der Waals surface area contributed by atoms with Gasteiger partial charge in [0.25, 0.3) is 0 Å². The number of rotatable bonds is 3. The highest BCUT2D eigenvalue weighted by Gasteiger charge is 2.26. The first-order valence-corrected chi connectivity index (χ1v) is 8.56. The first-order valence-electron chi connectivity index (χ1n) is 7.76. The lowest BCUT2D eigenvalue weighted by Crippen LogP contribution is -2.44. The van der Waals surface area contributed by atoms with Crippen LogP contribution in [0.3, 0.4) is 0 Å². The van der Waals surface area contributed by atoms with E-state index in [-0.39, 0.29) is 24.4 Å². The van der Waals surface area contributed by atoms with Crippen molar-refractivity contribution in [3.63, 3.8) is 0 Å². The summed E-state index contributed by atoms with van der Waals surface area (Å²) in [6, 6.07) is 13.3. The fourth-order valence-corrected chi connectivity index (χ4v) is 3.44.